The van der Waals surface area contributed by atoms with Gasteiger partial charge >= 0.3 is 5.97 Å². The van der Waals surface area contributed by atoms with Crippen molar-refractivity contribution in [3.63, 3.8) is 0 Å². The molecule has 10 nitrogen and oxygen atoms in total. The molecule has 4 rings (SSSR count). The Hall–Kier alpha value is -5.72. The Bertz CT molecular complexity index is 2350. The average Bonchev–Trinajstić information content (AvgIpc) is 3.62. The van der Waals surface area contributed by atoms with E-state index in [0.29, 0.717) is 24.2 Å². The summed E-state index contributed by atoms with van der Waals surface area (Å²) in [5, 5.41) is 18.4. The van der Waals surface area contributed by atoms with Crippen molar-refractivity contribution in [1.29, 1.82) is 0 Å². The molecule has 4 aromatic rings. The van der Waals surface area contributed by atoms with Gasteiger partial charge in [0.1, 0.15) is 11.4 Å². The molecular weight excluding hydrogens is 798 g/mol. The minimum atomic E-state index is -0.822. The molecular formula is C48H60ClF2N6O4+. The first-order valence-corrected chi connectivity index (χ1v) is 20.2. The molecule has 0 saturated heterocycles. The molecule has 0 radical (unpaired) electrons. The summed E-state index contributed by atoms with van der Waals surface area (Å²) in [6.07, 6.45) is 0. The summed E-state index contributed by atoms with van der Waals surface area (Å²) in [6, 6.07) is 14.9. The van der Waals surface area contributed by atoms with Crippen molar-refractivity contribution in [3.8, 4) is 0 Å². The second-order valence-corrected chi connectivity index (χ2v) is 18.5. The van der Waals surface area contributed by atoms with Gasteiger partial charge in [-0.25, -0.2) is 18.5 Å². The van der Waals surface area contributed by atoms with Crippen molar-refractivity contribution >= 4 is 45.7 Å². The van der Waals surface area contributed by atoms with E-state index < -0.39 is 33.7 Å². The number of carbonyl (C=O) groups excluding carboxylic acids is 2. The average molecular weight is 858 g/mol. The molecule has 61 heavy (non-hydrogen) atoms. The van der Waals surface area contributed by atoms with Crippen molar-refractivity contribution in [3.05, 3.63) is 135 Å². The van der Waals surface area contributed by atoms with Crippen LogP contribution in [0.4, 0.5) is 8.78 Å². The Balaban J connectivity index is 0.000000369. The van der Waals surface area contributed by atoms with Crippen molar-refractivity contribution in [2.75, 3.05) is 0 Å². The molecule has 2 heterocycles. The van der Waals surface area contributed by atoms with Crippen LogP contribution in [0.2, 0.25) is 0 Å². The number of benzene rings is 2. The molecule has 0 aliphatic carbocycles. The lowest BCUT2D eigenvalue weighted by Gasteiger charge is -2.21. The van der Waals surface area contributed by atoms with Crippen molar-refractivity contribution in [2.24, 2.45) is 10.8 Å². The first kappa shape index (κ1) is 51.4. The summed E-state index contributed by atoms with van der Waals surface area (Å²) < 4.78 is 37.8. The first-order chi connectivity index (χ1) is 28.0. The van der Waals surface area contributed by atoms with Crippen LogP contribution in [0.15, 0.2) is 48.5 Å². The molecule has 2 aromatic carbocycles. The van der Waals surface area contributed by atoms with Gasteiger partial charge in [0.25, 0.3) is 5.24 Å². The summed E-state index contributed by atoms with van der Waals surface area (Å²) in [6.45, 7) is 47.2. The number of halogens is 3. The van der Waals surface area contributed by atoms with Crippen molar-refractivity contribution in [1.82, 2.24) is 19.6 Å². The third kappa shape index (κ3) is 13.1. The highest BCUT2D eigenvalue weighted by Gasteiger charge is 2.31. The van der Waals surface area contributed by atoms with Crippen LogP contribution in [-0.2, 0) is 38.2 Å². The van der Waals surface area contributed by atoms with Crippen LogP contribution in [0.1, 0.15) is 135 Å². The third-order valence-electron chi connectivity index (χ3n) is 9.20. The van der Waals surface area contributed by atoms with Crippen molar-refractivity contribution in [2.45, 2.75) is 128 Å². The molecule has 0 saturated carbocycles. The molecule has 0 aliphatic heterocycles. The minimum absolute atomic E-state index is 0.00733. The maximum absolute atomic E-state index is 15.0. The number of nitrogens with zero attached hydrogens (tertiary/aromatic N) is 6. The van der Waals surface area contributed by atoms with Gasteiger partial charge in [0.05, 0.1) is 36.9 Å². The molecule has 0 amide bonds. The van der Waals surface area contributed by atoms with Gasteiger partial charge in [-0.3, -0.25) is 19.0 Å². The molecule has 13 heteroatoms. The summed E-state index contributed by atoms with van der Waals surface area (Å²) in [5.74, 6) is -2.23. The molecule has 0 fully saturated rings. The summed E-state index contributed by atoms with van der Waals surface area (Å²) in [5.41, 5.74) is 2.27. The third-order valence-corrected chi connectivity index (χ3v) is 9.71. The number of rotatable bonds is 8. The van der Waals surface area contributed by atoms with Crippen LogP contribution in [0, 0.1) is 56.4 Å². The molecule has 2 aromatic heterocycles. The fraction of sp³-hybridized carbons (Fsp3) is 0.438. The Labute approximate surface area is 365 Å². The number of aryl methyl sites for hydroxylation is 4. The lowest BCUT2D eigenvalue weighted by atomic mass is 9.86. The van der Waals surface area contributed by atoms with Crippen LogP contribution in [-0.4, -0.2) is 35.9 Å². The van der Waals surface area contributed by atoms with Gasteiger partial charge in [0.2, 0.25) is 11.4 Å². The highest BCUT2D eigenvalue weighted by molar-refractivity contribution is 6.64. The number of hydrogen-bond acceptors (Lipinski definition) is 6. The highest BCUT2D eigenvalue weighted by atomic mass is 35.5. The zero-order valence-corrected chi connectivity index (χ0v) is 39.0. The predicted molar refractivity (Wildman–Crippen MR) is 240 cm³/mol. The highest BCUT2D eigenvalue weighted by Crippen LogP contribution is 2.35. The van der Waals surface area contributed by atoms with E-state index in [-0.39, 0.29) is 56.5 Å². The van der Waals surface area contributed by atoms with Gasteiger partial charge < -0.3 is 9.84 Å². The molecule has 326 valence electrons. The van der Waals surface area contributed by atoms with E-state index in [4.69, 9.17) is 29.5 Å². The topological polar surface area (TPSA) is 108 Å². The number of esters is 1. The normalized spacial score (nSPS) is 12.7. The SMILES string of the molecule is [C-]#[N+]C(=C(O)c1c(F)c(C)nn1CC)c1ccc(C(C)(C)C)cc1.[C-]#[N+]C(=C(OC(=O)C(C)(C)C)c1c(F)c(C)nn1CC)c1ccc(C(C)(C)C)cc1.[CH2+]C(C)(C)C(=O)Cl. The molecule has 1 N–H and O–H groups in total. The fourth-order valence-electron chi connectivity index (χ4n) is 5.34. The second-order valence-electron chi connectivity index (χ2n) is 18.2. The number of ether oxygens (including phenoxy) is 1. The van der Waals surface area contributed by atoms with Gasteiger partial charge in [-0.2, -0.15) is 10.2 Å². The van der Waals surface area contributed by atoms with Gasteiger partial charge in [-0.15, -0.1) is 0 Å². The minimum Gasteiger partial charge on any atom is -0.517 e. The Morgan fingerprint density at radius 2 is 1.07 bits per heavy atom. The molecule has 0 spiro atoms. The maximum atomic E-state index is 15.0. The van der Waals surface area contributed by atoms with E-state index in [1.807, 2.05) is 31.2 Å². The van der Waals surface area contributed by atoms with E-state index >= 15 is 4.39 Å². The van der Waals surface area contributed by atoms with E-state index in [0.717, 1.165) is 11.1 Å². The number of hydrogen-bond donors (Lipinski definition) is 1. The quantitative estimate of drug-likeness (QED) is 0.0818. The van der Waals surface area contributed by atoms with E-state index in [1.165, 1.54) is 16.3 Å². The molecule has 0 unspecified atom stereocenters. The van der Waals surface area contributed by atoms with E-state index in [9.17, 15) is 19.1 Å². The summed E-state index contributed by atoms with van der Waals surface area (Å²) >= 11 is 5.05. The number of carbonyl (C=O) groups is 2. The predicted octanol–water partition coefficient (Wildman–Crippen LogP) is 12.5. The maximum Gasteiger partial charge on any atom is 0.315 e. The lowest BCUT2D eigenvalue weighted by molar-refractivity contribution is -0.145. The number of aromatic nitrogens is 4. The smallest absolute Gasteiger partial charge is 0.315 e. The van der Waals surface area contributed by atoms with Crippen molar-refractivity contribution < 1.29 is 28.2 Å². The van der Waals surface area contributed by atoms with Crippen LogP contribution in [0.25, 0.3) is 32.6 Å². The first-order valence-electron chi connectivity index (χ1n) is 19.8. The number of aliphatic hydroxyl groups is 1. The van der Waals surface area contributed by atoms with Gasteiger partial charge in [-0.1, -0.05) is 90.1 Å². The Morgan fingerprint density at radius 1 is 0.721 bits per heavy atom. The summed E-state index contributed by atoms with van der Waals surface area (Å²) in [4.78, 5) is 29.9. The van der Waals surface area contributed by atoms with Gasteiger partial charge in [0.15, 0.2) is 28.6 Å². The van der Waals surface area contributed by atoms with Crippen LogP contribution in [0.3, 0.4) is 0 Å². The van der Waals surface area contributed by atoms with Gasteiger partial charge in [-0.05, 0) is 107 Å². The zero-order valence-electron chi connectivity index (χ0n) is 38.2. The van der Waals surface area contributed by atoms with E-state index in [1.54, 1.807) is 72.7 Å². The second kappa shape index (κ2) is 20.2. The van der Waals surface area contributed by atoms with E-state index in [2.05, 4.69) is 68.4 Å². The Morgan fingerprint density at radius 3 is 1.38 bits per heavy atom. The monoisotopic (exact) mass is 857 g/mol. The fourth-order valence-corrected chi connectivity index (χ4v) is 5.34. The standard InChI is InChI=1S/C24H30FN3O2.C19H22FN3O.C5H8ClO/c1-10-28-20(18(25)15(2)27-28)21(30-22(29)24(6,7)8)19(26-9)16-11-13-17(14-12-16)23(3,4)5;1-7-23-17(15(20)12(2)22-23)18(24)16(21-6)13-8-10-14(11-9-13)19(3,4)5;1-5(2,3)4(6)7/h11-14H,10H2,1-8H3;8-11,24H,7H2,1-5H3;1H2,2-3H3/q;;+1. The largest absolute Gasteiger partial charge is 0.517 e. The number of aliphatic hydroxyl groups excluding tert-OH is 1. The zero-order chi connectivity index (χ0) is 47.0. The van der Waals surface area contributed by atoms with Crippen LogP contribution in [0.5, 0.6) is 0 Å². The molecule has 0 aliphatic rings. The van der Waals surface area contributed by atoms with Crippen LogP contribution < -0.4 is 0 Å². The lowest BCUT2D eigenvalue weighted by Crippen LogP contribution is -2.23. The molecule has 0 bridgehead atoms. The molecule has 0 atom stereocenters. The Kier molecular flexibility index (Phi) is 17.1. The van der Waals surface area contributed by atoms with Crippen LogP contribution >= 0.6 is 11.6 Å². The summed E-state index contributed by atoms with van der Waals surface area (Å²) in [7, 11) is 0. The van der Waals surface area contributed by atoms with Gasteiger partial charge in [0, 0.05) is 13.1 Å².